The molecule has 0 bridgehead atoms. The highest BCUT2D eigenvalue weighted by atomic mass is 32.2. The fourth-order valence-electron chi connectivity index (χ4n) is 1.55. The number of hydrogen-bond acceptors (Lipinski definition) is 4. The van der Waals surface area contributed by atoms with Gasteiger partial charge in [0.25, 0.3) is 5.91 Å². The normalized spacial score (nSPS) is 10.1. The zero-order chi connectivity index (χ0) is 14.8. The first-order valence-electron chi connectivity index (χ1n) is 6.48. The Morgan fingerprint density at radius 2 is 2.10 bits per heavy atom. The molecule has 5 nitrogen and oxygen atoms in total. The molecule has 0 radical (unpaired) electrons. The molecule has 0 atom stereocenters. The number of anilines is 1. The zero-order valence-electron chi connectivity index (χ0n) is 11.5. The van der Waals surface area contributed by atoms with Crippen LogP contribution in [0.25, 0.3) is 0 Å². The van der Waals surface area contributed by atoms with Gasteiger partial charge in [0, 0.05) is 37.1 Å². The third kappa shape index (κ3) is 6.58. The highest BCUT2D eigenvalue weighted by Crippen LogP contribution is 2.10. The molecule has 0 aromatic heterocycles. The van der Waals surface area contributed by atoms with Crippen LogP contribution in [0.4, 0.5) is 5.69 Å². The fraction of sp³-hybridized carbons (Fsp3) is 0.429. The predicted octanol–water partition coefficient (Wildman–Crippen LogP) is 1.49. The SMILES string of the molecule is CC(=O)Nc1cccc(C(=O)NCCSCCCO)c1. The number of nitrogens with one attached hydrogen (secondary N) is 2. The Morgan fingerprint density at radius 3 is 2.80 bits per heavy atom. The molecule has 1 aromatic rings. The van der Waals surface area contributed by atoms with Crippen LogP contribution in [-0.2, 0) is 4.79 Å². The molecular weight excluding hydrogens is 276 g/mol. The van der Waals surface area contributed by atoms with Gasteiger partial charge >= 0.3 is 0 Å². The van der Waals surface area contributed by atoms with Crippen LogP contribution in [0.15, 0.2) is 24.3 Å². The third-order valence-corrected chi connectivity index (χ3v) is 3.49. The molecule has 6 heteroatoms. The van der Waals surface area contributed by atoms with Gasteiger partial charge in [-0.1, -0.05) is 6.07 Å². The van der Waals surface area contributed by atoms with E-state index >= 15 is 0 Å². The van der Waals surface area contributed by atoms with Gasteiger partial charge < -0.3 is 15.7 Å². The Kier molecular flexibility index (Phi) is 7.75. The van der Waals surface area contributed by atoms with Gasteiger partial charge in [-0.2, -0.15) is 11.8 Å². The second kappa shape index (κ2) is 9.39. The highest BCUT2D eigenvalue weighted by Gasteiger charge is 2.06. The van der Waals surface area contributed by atoms with Gasteiger partial charge in [0.2, 0.25) is 5.91 Å². The van der Waals surface area contributed by atoms with Gasteiger partial charge in [-0.15, -0.1) is 0 Å². The number of rotatable bonds is 8. The monoisotopic (exact) mass is 296 g/mol. The molecule has 1 aromatic carbocycles. The summed E-state index contributed by atoms with van der Waals surface area (Å²) in [5, 5.41) is 14.1. The summed E-state index contributed by atoms with van der Waals surface area (Å²) in [6, 6.07) is 6.83. The fourth-order valence-corrected chi connectivity index (χ4v) is 2.33. The molecule has 0 spiro atoms. The molecule has 0 aliphatic carbocycles. The minimum Gasteiger partial charge on any atom is -0.396 e. The number of amides is 2. The maximum absolute atomic E-state index is 11.9. The number of aliphatic hydroxyl groups is 1. The molecule has 0 aliphatic heterocycles. The lowest BCUT2D eigenvalue weighted by Crippen LogP contribution is -2.26. The van der Waals surface area contributed by atoms with Crippen molar-refractivity contribution >= 4 is 29.3 Å². The van der Waals surface area contributed by atoms with Gasteiger partial charge in [-0.05, 0) is 30.4 Å². The molecule has 0 fully saturated rings. The van der Waals surface area contributed by atoms with Crippen molar-refractivity contribution < 1.29 is 14.7 Å². The van der Waals surface area contributed by atoms with Crippen molar-refractivity contribution in [3.63, 3.8) is 0 Å². The van der Waals surface area contributed by atoms with E-state index in [1.807, 2.05) is 0 Å². The lowest BCUT2D eigenvalue weighted by atomic mass is 10.2. The first-order valence-corrected chi connectivity index (χ1v) is 7.63. The number of benzene rings is 1. The summed E-state index contributed by atoms with van der Waals surface area (Å²) in [4.78, 5) is 22.9. The lowest BCUT2D eigenvalue weighted by molar-refractivity contribution is -0.114. The molecule has 3 N–H and O–H groups in total. The summed E-state index contributed by atoms with van der Waals surface area (Å²) in [6.45, 7) is 2.21. The molecular formula is C14H20N2O3S. The Balaban J connectivity index is 2.37. The minimum atomic E-state index is -0.164. The van der Waals surface area contributed by atoms with Crippen molar-refractivity contribution in [2.24, 2.45) is 0 Å². The molecule has 0 heterocycles. The first-order chi connectivity index (χ1) is 9.63. The number of aliphatic hydroxyl groups excluding tert-OH is 1. The molecule has 0 saturated heterocycles. The van der Waals surface area contributed by atoms with E-state index in [1.54, 1.807) is 36.0 Å². The van der Waals surface area contributed by atoms with Crippen LogP contribution < -0.4 is 10.6 Å². The van der Waals surface area contributed by atoms with Crippen molar-refractivity contribution in [2.45, 2.75) is 13.3 Å². The van der Waals surface area contributed by atoms with Crippen LogP contribution in [0, 0.1) is 0 Å². The third-order valence-electron chi connectivity index (χ3n) is 2.42. The number of carbonyl (C=O) groups excluding carboxylic acids is 2. The molecule has 0 unspecified atom stereocenters. The van der Waals surface area contributed by atoms with Crippen molar-refractivity contribution in [3.05, 3.63) is 29.8 Å². The maximum atomic E-state index is 11.9. The van der Waals surface area contributed by atoms with Crippen molar-refractivity contribution in [1.82, 2.24) is 5.32 Å². The van der Waals surface area contributed by atoms with E-state index in [9.17, 15) is 9.59 Å². The maximum Gasteiger partial charge on any atom is 0.251 e. The van der Waals surface area contributed by atoms with Gasteiger partial charge in [0.05, 0.1) is 0 Å². The first kappa shape index (κ1) is 16.5. The molecule has 1 rings (SSSR count). The number of hydrogen-bond donors (Lipinski definition) is 3. The van der Waals surface area contributed by atoms with Crippen LogP contribution >= 0.6 is 11.8 Å². The average molecular weight is 296 g/mol. The number of thioether (sulfide) groups is 1. The van der Waals surface area contributed by atoms with Gasteiger partial charge in [0.1, 0.15) is 0 Å². The van der Waals surface area contributed by atoms with Crippen molar-refractivity contribution in [3.8, 4) is 0 Å². The topological polar surface area (TPSA) is 78.4 Å². The number of carbonyl (C=O) groups is 2. The zero-order valence-corrected chi connectivity index (χ0v) is 12.3. The summed E-state index contributed by atoms with van der Waals surface area (Å²) in [5.74, 6) is 1.39. The van der Waals surface area contributed by atoms with Crippen LogP contribution in [0.2, 0.25) is 0 Å². The van der Waals surface area contributed by atoms with Crippen LogP contribution in [-0.4, -0.2) is 41.6 Å². The van der Waals surface area contributed by atoms with E-state index in [4.69, 9.17) is 5.11 Å². The molecule has 2 amide bonds. The summed E-state index contributed by atoms with van der Waals surface area (Å²) >= 11 is 1.69. The van der Waals surface area contributed by atoms with E-state index in [0.29, 0.717) is 17.8 Å². The quantitative estimate of drug-likeness (QED) is 0.635. The predicted molar refractivity (Wildman–Crippen MR) is 82.1 cm³/mol. The van der Waals surface area contributed by atoms with E-state index < -0.39 is 0 Å². The van der Waals surface area contributed by atoms with E-state index in [1.165, 1.54) is 6.92 Å². The van der Waals surface area contributed by atoms with Crippen molar-refractivity contribution in [2.75, 3.05) is 30.0 Å². The van der Waals surface area contributed by atoms with E-state index in [-0.39, 0.29) is 18.4 Å². The Morgan fingerprint density at radius 1 is 1.30 bits per heavy atom. The summed E-state index contributed by atoms with van der Waals surface area (Å²) in [6.07, 6.45) is 0.775. The Bertz CT molecular complexity index is 452. The summed E-state index contributed by atoms with van der Waals surface area (Å²) < 4.78 is 0. The molecule has 0 saturated carbocycles. The Hall–Kier alpha value is -1.53. The largest absolute Gasteiger partial charge is 0.396 e. The highest BCUT2D eigenvalue weighted by molar-refractivity contribution is 7.99. The van der Waals surface area contributed by atoms with Gasteiger partial charge in [-0.25, -0.2) is 0 Å². The van der Waals surface area contributed by atoms with E-state index in [2.05, 4.69) is 10.6 Å². The summed E-state index contributed by atoms with van der Waals surface area (Å²) in [5.41, 5.74) is 1.14. The summed E-state index contributed by atoms with van der Waals surface area (Å²) in [7, 11) is 0. The van der Waals surface area contributed by atoms with Crippen LogP contribution in [0.5, 0.6) is 0 Å². The van der Waals surface area contributed by atoms with Gasteiger partial charge in [0.15, 0.2) is 0 Å². The smallest absolute Gasteiger partial charge is 0.251 e. The minimum absolute atomic E-state index is 0.153. The molecule has 0 aliphatic rings. The lowest BCUT2D eigenvalue weighted by Gasteiger charge is -2.07. The average Bonchev–Trinajstić information content (AvgIpc) is 2.42. The molecule has 110 valence electrons. The Labute approximate surface area is 123 Å². The van der Waals surface area contributed by atoms with Gasteiger partial charge in [-0.3, -0.25) is 9.59 Å². The van der Waals surface area contributed by atoms with Crippen molar-refractivity contribution in [1.29, 1.82) is 0 Å². The van der Waals surface area contributed by atoms with Crippen LogP contribution in [0.3, 0.4) is 0 Å². The van der Waals surface area contributed by atoms with Crippen LogP contribution in [0.1, 0.15) is 23.7 Å². The molecule has 20 heavy (non-hydrogen) atoms. The standard InChI is InChI=1S/C14H20N2O3S/c1-11(18)16-13-5-2-4-12(10-13)14(19)15-6-9-20-8-3-7-17/h2,4-5,10,17H,3,6-9H2,1H3,(H,15,19)(H,16,18). The second-order valence-electron chi connectivity index (χ2n) is 4.21. The second-order valence-corrected chi connectivity index (χ2v) is 5.43. The van der Waals surface area contributed by atoms with E-state index in [0.717, 1.165) is 17.9 Å².